The van der Waals surface area contributed by atoms with Gasteiger partial charge in [0.25, 0.3) is 0 Å². The van der Waals surface area contributed by atoms with Crippen molar-refractivity contribution in [2.45, 2.75) is 26.3 Å². The number of hydrogen-bond donors (Lipinski definition) is 2. The van der Waals surface area contributed by atoms with Crippen LogP contribution in [0.1, 0.15) is 24.1 Å². The molecular formula is C16H22N4O2. The topological polar surface area (TPSA) is 81.7 Å². The van der Waals surface area contributed by atoms with Gasteiger partial charge in [-0.1, -0.05) is 6.07 Å². The predicted molar refractivity (Wildman–Crippen MR) is 83.3 cm³/mol. The lowest BCUT2D eigenvalue weighted by molar-refractivity contribution is -0.136. The zero-order valence-electron chi connectivity index (χ0n) is 12.8. The summed E-state index contributed by atoms with van der Waals surface area (Å²) in [5.74, 6) is 0.00655. The normalized spacial score (nSPS) is 17.5. The summed E-state index contributed by atoms with van der Waals surface area (Å²) in [7, 11) is 0. The molecule has 3 rings (SSSR count). The number of nitrogens with two attached hydrogens (primary N) is 1. The maximum atomic E-state index is 12.5. The Morgan fingerprint density at radius 1 is 1.50 bits per heavy atom. The Hall–Kier alpha value is -1.92. The van der Waals surface area contributed by atoms with Crippen LogP contribution in [-0.2, 0) is 16.1 Å². The Labute approximate surface area is 129 Å². The molecule has 0 atom stereocenters. The fraction of sp³-hybridized carbons (Fsp3) is 0.500. The summed E-state index contributed by atoms with van der Waals surface area (Å²) < 4.78 is 7.32. The first-order valence-electron chi connectivity index (χ1n) is 7.64. The molecule has 0 saturated carbocycles. The van der Waals surface area contributed by atoms with Crippen LogP contribution < -0.4 is 11.1 Å². The van der Waals surface area contributed by atoms with Crippen LogP contribution in [0.3, 0.4) is 0 Å². The minimum absolute atomic E-state index is 0.00655. The van der Waals surface area contributed by atoms with Crippen LogP contribution in [0, 0.1) is 12.3 Å². The number of carbonyl (C=O) groups is 1. The molecule has 2 aromatic rings. The zero-order valence-corrected chi connectivity index (χ0v) is 12.8. The molecule has 0 unspecified atom stereocenters. The van der Waals surface area contributed by atoms with E-state index >= 15 is 0 Å². The quantitative estimate of drug-likeness (QED) is 0.883. The Kier molecular flexibility index (Phi) is 4.13. The number of ether oxygens (including phenoxy) is 1. The van der Waals surface area contributed by atoms with Gasteiger partial charge >= 0.3 is 0 Å². The second-order valence-electron chi connectivity index (χ2n) is 5.93. The van der Waals surface area contributed by atoms with Gasteiger partial charge in [-0.2, -0.15) is 0 Å². The Morgan fingerprint density at radius 3 is 2.95 bits per heavy atom. The van der Waals surface area contributed by atoms with E-state index in [9.17, 15) is 4.79 Å². The lowest BCUT2D eigenvalue weighted by atomic mass is 9.79. The van der Waals surface area contributed by atoms with Crippen molar-refractivity contribution in [1.29, 1.82) is 0 Å². The predicted octanol–water partition coefficient (Wildman–Crippen LogP) is 1.01. The number of rotatable bonds is 4. The second-order valence-corrected chi connectivity index (χ2v) is 5.93. The monoisotopic (exact) mass is 302 g/mol. The van der Waals surface area contributed by atoms with Crippen LogP contribution in [-0.4, -0.2) is 35.1 Å². The van der Waals surface area contributed by atoms with E-state index in [-0.39, 0.29) is 5.91 Å². The molecule has 0 aliphatic carbocycles. The van der Waals surface area contributed by atoms with Gasteiger partial charge in [-0.25, -0.2) is 4.98 Å². The molecule has 0 radical (unpaired) electrons. The number of carbonyl (C=O) groups excluding carboxylic acids is 1. The van der Waals surface area contributed by atoms with E-state index in [1.165, 1.54) is 0 Å². The van der Waals surface area contributed by atoms with Gasteiger partial charge in [0.2, 0.25) is 5.91 Å². The highest BCUT2D eigenvalue weighted by molar-refractivity contribution is 5.83. The van der Waals surface area contributed by atoms with Crippen molar-refractivity contribution in [3.8, 4) is 0 Å². The average molecular weight is 302 g/mol. The summed E-state index contributed by atoms with van der Waals surface area (Å²) in [6, 6.07) is 4.01. The minimum Gasteiger partial charge on any atom is -0.381 e. The van der Waals surface area contributed by atoms with Crippen molar-refractivity contribution >= 4 is 11.6 Å². The van der Waals surface area contributed by atoms with Gasteiger partial charge in [0, 0.05) is 32.2 Å². The van der Waals surface area contributed by atoms with Crippen LogP contribution in [0.5, 0.6) is 0 Å². The van der Waals surface area contributed by atoms with E-state index in [1.54, 1.807) is 0 Å². The number of nitrogens with zero attached hydrogens (tertiary/aromatic N) is 2. The number of pyridine rings is 1. The zero-order chi connectivity index (χ0) is 15.6. The molecule has 0 spiro atoms. The number of imidazole rings is 1. The molecule has 1 fully saturated rings. The molecule has 1 saturated heterocycles. The number of hydrogen-bond acceptors (Lipinski definition) is 4. The van der Waals surface area contributed by atoms with Crippen LogP contribution in [0.15, 0.2) is 24.5 Å². The highest BCUT2D eigenvalue weighted by Crippen LogP contribution is 2.29. The van der Waals surface area contributed by atoms with Gasteiger partial charge in [-0.3, -0.25) is 4.79 Å². The molecule has 3 heterocycles. The highest BCUT2D eigenvalue weighted by Gasteiger charge is 2.38. The third-order valence-electron chi connectivity index (χ3n) is 4.48. The van der Waals surface area contributed by atoms with Crippen LogP contribution in [0.4, 0.5) is 0 Å². The lowest BCUT2D eigenvalue weighted by Gasteiger charge is -2.34. The molecule has 6 nitrogen and oxygen atoms in total. The first-order chi connectivity index (χ1) is 10.6. The minimum atomic E-state index is -0.493. The van der Waals surface area contributed by atoms with Crippen molar-refractivity contribution in [2.75, 3.05) is 19.8 Å². The summed E-state index contributed by atoms with van der Waals surface area (Å²) in [4.78, 5) is 17.1. The fourth-order valence-corrected chi connectivity index (χ4v) is 2.93. The first kappa shape index (κ1) is 15.0. The molecule has 0 aromatic carbocycles. The van der Waals surface area contributed by atoms with Gasteiger partial charge in [0.1, 0.15) is 5.65 Å². The van der Waals surface area contributed by atoms with E-state index in [0.717, 1.165) is 16.9 Å². The molecule has 2 aromatic heterocycles. The first-order valence-corrected chi connectivity index (χ1v) is 7.64. The summed E-state index contributed by atoms with van der Waals surface area (Å²) in [6.07, 6.45) is 5.27. The summed E-state index contributed by atoms with van der Waals surface area (Å²) in [5, 5.41) is 2.99. The molecule has 22 heavy (non-hydrogen) atoms. The standard InChI is InChI=1S/C16H22N4O2/c1-12-3-2-6-20-10-13(19-14(12)20)9-18-15(21)16(11-17)4-7-22-8-5-16/h2-3,6,10H,4-5,7-9,11,17H2,1H3,(H,18,21). The second kappa shape index (κ2) is 6.06. The Morgan fingerprint density at radius 2 is 2.27 bits per heavy atom. The lowest BCUT2D eigenvalue weighted by Crippen LogP contribution is -2.49. The summed E-state index contributed by atoms with van der Waals surface area (Å²) in [5.41, 5.74) is 8.25. The molecule has 6 heteroatoms. The van der Waals surface area contributed by atoms with Crippen LogP contribution in [0.2, 0.25) is 0 Å². The Bertz CT molecular complexity index is 674. The van der Waals surface area contributed by atoms with Crippen molar-refractivity contribution in [3.63, 3.8) is 0 Å². The van der Waals surface area contributed by atoms with E-state index in [0.29, 0.717) is 39.1 Å². The largest absolute Gasteiger partial charge is 0.381 e. The van der Waals surface area contributed by atoms with Gasteiger partial charge in [0.05, 0.1) is 17.7 Å². The maximum Gasteiger partial charge on any atom is 0.227 e. The SMILES string of the molecule is Cc1cccn2cc(CNC(=O)C3(CN)CCOCC3)nc12. The number of nitrogens with one attached hydrogen (secondary N) is 1. The van der Waals surface area contributed by atoms with Gasteiger partial charge in [-0.15, -0.1) is 0 Å². The number of aromatic nitrogens is 2. The van der Waals surface area contributed by atoms with Crippen molar-refractivity contribution in [1.82, 2.24) is 14.7 Å². The average Bonchev–Trinajstić information content (AvgIpc) is 2.98. The summed E-state index contributed by atoms with van der Waals surface area (Å²) in [6.45, 7) is 3.99. The molecule has 3 N–H and O–H groups in total. The number of amides is 1. The van der Waals surface area contributed by atoms with E-state index in [2.05, 4.69) is 10.3 Å². The van der Waals surface area contributed by atoms with Crippen LogP contribution in [0.25, 0.3) is 5.65 Å². The van der Waals surface area contributed by atoms with Gasteiger partial charge < -0.3 is 20.2 Å². The van der Waals surface area contributed by atoms with E-state index < -0.39 is 5.41 Å². The number of fused-ring (bicyclic) bond motifs is 1. The molecule has 1 aliphatic heterocycles. The van der Waals surface area contributed by atoms with Crippen LogP contribution >= 0.6 is 0 Å². The molecule has 118 valence electrons. The van der Waals surface area contributed by atoms with Crippen molar-refractivity contribution in [3.05, 3.63) is 35.8 Å². The van der Waals surface area contributed by atoms with Gasteiger partial charge in [0.15, 0.2) is 0 Å². The highest BCUT2D eigenvalue weighted by atomic mass is 16.5. The maximum absolute atomic E-state index is 12.5. The summed E-state index contributed by atoms with van der Waals surface area (Å²) >= 11 is 0. The third kappa shape index (κ3) is 2.71. The Balaban J connectivity index is 1.70. The van der Waals surface area contributed by atoms with Crippen molar-refractivity contribution in [2.24, 2.45) is 11.1 Å². The smallest absolute Gasteiger partial charge is 0.227 e. The van der Waals surface area contributed by atoms with E-state index in [4.69, 9.17) is 10.5 Å². The van der Waals surface area contributed by atoms with E-state index in [1.807, 2.05) is 35.9 Å². The van der Waals surface area contributed by atoms with Crippen molar-refractivity contribution < 1.29 is 9.53 Å². The van der Waals surface area contributed by atoms with Gasteiger partial charge in [-0.05, 0) is 31.4 Å². The number of aryl methyl sites for hydroxylation is 1. The fourth-order valence-electron chi connectivity index (χ4n) is 2.93. The third-order valence-corrected chi connectivity index (χ3v) is 4.48. The molecular weight excluding hydrogens is 280 g/mol. The molecule has 1 amide bonds. The molecule has 0 bridgehead atoms. The molecule has 1 aliphatic rings.